The Morgan fingerprint density at radius 2 is 2.06 bits per heavy atom. The van der Waals surface area contributed by atoms with Crippen LogP contribution in [0.4, 0.5) is 5.95 Å². The summed E-state index contributed by atoms with van der Waals surface area (Å²) in [6.07, 6.45) is 3.49. The molecule has 5 nitrogen and oxygen atoms in total. The minimum absolute atomic E-state index is 0.478. The Labute approximate surface area is 104 Å². The zero-order chi connectivity index (χ0) is 12.4. The number of benzene rings is 1. The third-order valence-corrected chi connectivity index (χ3v) is 2.56. The number of nitrogens with zero attached hydrogens (tertiary/aromatic N) is 3. The van der Waals surface area contributed by atoms with Crippen LogP contribution in [-0.2, 0) is 6.54 Å². The monoisotopic (exact) mass is 240 g/mol. The third kappa shape index (κ3) is 2.15. The lowest BCUT2D eigenvalue weighted by Gasteiger charge is -2.03. The topological polar surface area (TPSA) is 63.8 Å². The SMILES string of the molecule is Cc1cnc(CNc2ncc3ccccc3n2)o1. The van der Waals surface area contributed by atoms with Crippen molar-refractivity contribution < 1.29 is 4.42 Å². The first-order valence-electron chi connectivity index (χ1n) is 5.68. The van der Waals surface area contributed by atoms with Crippen LogP contribution in [0.1, 0.15) is 11.7 Å². The molecule has 0 saturated carbocycles. The molecule has 0 bridgehead atoms. The van der Waals surface area contributed by atoms with Crippen molar-refractivity contribution in [1.82, 2.24) is 15.0 Å². The Morgan fingerprint density at radius 3 is 2.89 bits per heavy atom. The predicted molar refractivity (Wildman–Crippen MR) is 68.1 cm³/mol. The molecule has 1 aromatic carbocycles. The van der Waals surface area contributed by atoms with E-state index in [1.165, 1.54) is 0 Å². The van der Waals surface area contributed by atoms with Crippen LogP contribution in [0.15, 0.2) is 41.1 Å². The van der Waals surface area contributed by atoms with Gasteiger partial charge in [0.15, 0.2) is 0 Å². The summed E-state index contributed by atoms with van der Waals surface area (Å²) in [6.45, 7) is 2.34. The van der Waals surface area contributed by atoms with Crippen LogP contribution in [0.2, 0.25) is 0 Å². The van der Waals surface area contributed by atoms with Crippen molar-refractivity contribution >= 4 is 16.9 Å². The minimum atomic E-state index is 0.478. The summed E-state index contributed by atoms with van der Waals surface area (Å²) >= 11 is 0. The van der Waals surface area contributed by atoms with Gasteiger partial charge in [-0.3, -0.25) is 0 Å². The highest BCUT2D eigenvalue weighted by molar-refractivity contribution is 5.78. The minimum Gasteiger partial charge on any atom is -0.444 e. The normalized spacial score (nSPS) is 10.7. The molecular formula is C13H12N4O. The molecule has 3 rings (SSSR count). The summed E-state index contributed by atoms with van der Waals surface area (Å²) in [5.41, 5.74) is 0.915. The van der Waals surface area contributed by atoms with Gasteiger partial charge in [0.1, 0.15) is 5.76 Å². The smallest absolute Gasteiger partial charge is 0.223 e. The molecule has 2 heterocycles. The van der Waals surface area contributed by atoms with Gasteiger partial charge in [-0.15, -0.1) is 0 Å². The quantitative estimate of drug-likeness (QED) is 0.762. The van der Waals surface area contributed by atoms with E-state index in [0.717, 1.165) is 16.7 Å². The molecule has 0 saturated heterocycles. The van der Waals surface area contributed by atoms with Crippen molar-refractivity contribution in [1.29, 1.82) is 0 Å². The number of fused-ring (bicyclic) bond motifs is 1. The molecular weight excluding hydrogens is 228 g/mol. The molecule has 0 spiro atoms. The first-order chi connectivity index (χ1) is 8.81. The fourth-order valence-corrected chi connectivity index (χ4v) is 1.70. The molecule has 0 fully saturated rings. The fourth-order valence-electron chi connectivity index (χ4n) is 1.70. The summed E-state index contributed by atoms with van der Waals surface area (Å²) in [6, 6.07) is 7.86. The van der Waals surface area contributed by atoms with E-state index in [9.17, 15) is 0 Å². The van der Waals surface area contributed by atoms with Crippen molar-refractivity contribution in [2.75, 3.05) is 5.32 Å². The van der Waals surface area contributed by atoms with Crippen LogP contribution < -0.4 is 5.32 Å². The van der Waals surface area contributed by atoms with E-state index < -0.39 is 0 Å². The lowest BCUT2D eigenvalue weighted by atomic mass is 10.2. The molecule has 0 aliphatic carbocycles. The van der Waals surface area contributed by atoms with Crippen molar-refractivity contribution in [3.8, 4) is 0 Å². The van der Waals surface area contributed by atoms with Gasteiger partial charge in [0, 0.05) is 11.6 Å². The van der Waals surface area contributed by atoms with E-state index in [2.05, 4.69) is 20.3 Å². The molecule has 1 N–H and O–H groups in total. The average Bonchev–Trinajstić information content (AvgIpc) is 2.82. The summed E-state index contributed by atoms with van der Waals surface area (Å²) in [5, 5.41) is 4.11. The zero-order valence-electron chi connectivity index (χ0n) is 9.92. The molecule has 5 heteroatoms. The number of aryl methyl sites for hydroxylation is 1. The number of rotatable bonds is 3. The Morgan fingerprint density at radius 1 is 1.17 bits per heavy atom. The van der Waals surface area contributed by atoms with E-state index in [1.807, 2.05) is 31.2 Å². The summed E-state index contributed by atoms with van der Waals surface area (Å²) < 4.78 is 5.36. The molecule has 2 aromatic heterocycles. The third-order valence-electron chi connectivity index (χ3n) is 2.56. The Balaban J connectivity index is 1.78. The van der Waals surface area contributed by atoms with Gasteiger partial charge in [-0.2, -0.15) is 0 Å². The van der Waals surface area contributed by atoms with Gasteiger partial charge in [0.05, 0.1) is 18.3 Å². The Kier molecular flexibility index (Phi) is 2.64. The molecule has 0 radical (unpaired) electrons. The van der Waals surface area contributed by atoms with Gasteiger partial charge in [-0.05, 0) is 13.0 Å². The van der Waals surface area contributed by atoms with E-state index in [4.69, 9.17) is 4.42 Å². The molecule has 90 valence electrons. The zero-order valence-corrected chi connectivity index (χ0v) is 9.92. The molecule has 0 atom stereocenters. The second kappa shape index (κ2) is 4.44. The Hall–Kier alpha value is -2.43. The van der Waals surface area contributed by atoms with Gasteiger partial charge in [-0.1, -0.05) is 18.2 Å². The number of aromatic nitrogens is 3. The van der Waals surface area contributed by atoms with Crippen LogP contribution in [0, 0.1) is 6.92 Å². The van der Waals surface area contributed by atoms with E-state index >= 15 is 0 Å². The second-order valence-electron chi connectivity index (χ2n) is 3.97. The van der Waals surface area contributed by atoms with Crippen LogP contribution in [0.3, 0.4) is 0 Å². The molecule has 0 amide bonds. The highest BCUT2D eigenvalue weighted by Gasteiger charge is 2.02. The number of nitrogens with one attached hydrogen (secondary N) is 1. The number of hydrogen-bond acceptors (Lipinski definition) is 5. The van der Waals surface area contributed by atoms with Crippen molar-refractivity contribution in [3.63, 3.8) is 0 Å². The van der Waals surface area contributed by atoms with Crippen molar-refractivity contribution in [2.24, 2.45) is 0 Å². The summed E-state index contributed by atoms with van der Waals surface area (Å²) in [5.74, 6) is 2.00. The maximum Gasteiger partial charge on any atom is 0.223 e. The maximum atomic E-state index is 5.36. The first-order valence-corrected chi connectivity index (χ1v) is 5.68. The van der Waals surface area contributed by atoms with Crippen LogP contribution in [0.5, 0.6) is 0 Å². The molecule has 0 aliphatic heterocycles. The average molecular weight is 240 g/mol. The molecule has 18 heavy (non-hydrogen) atoms. The number of para-hydroxylation sites is 1. The molecule has 0 aliphatic rings. The van der Waals surface area contributed by atoms with Crippen LogP contribution >= 0.6 is 0 Å². The summed E-state index contributed by atoms with van der Waals surface area (Å²) in [4.78, 5) is 12.8. The lowest BCUT2D eigenvalue weighted by Crippen LogP contribution is -2.03. The van der Waals surface area contributed by atoms with Gasteiger partial charge in [-0.25, -0.2) is 15.0 Å². The Bertz CT molecular complexity index is 677. The van der Waals surface area contributed by atoms with Gasteiger partial charge in [0.25, 0.3) is 0 Å². The molecule has 3 aromatic rings. The molecule has 0 unspecified atom stereocenters. The standard InChI is InChI=1S/C13H12N4O/c1-9-6-14-12(18-9)8-16-13-15-7-10-4-2-3-5-11(10)17-13/h2-7H,8H2,1H3,(H,15,16,17). The second-order valence-corrected chi connectivity index (χ2v) is 3.97. The van der Waals surface area contributed by atoms with Gasteiger partial charge in [0.2, 0.25) is 11.8 Å². The number of hydrogen-bond donors (Lipinski definition) is 1. The lowest BCUT2D eigenvalue weighted by molar-refractivity contribution is 0.478. The predicted octanol–water partition coefficient (Wildman–Crippen LogP) is 2.54. The summed E-state index contributed by atoms with van der Waals surface area (Å²) in [7, 11) is 0. The number of oxazole rings is 1. The fraction of sp³-hybridized carbons (Fsp3) is 0.154. The van der Waals surface area contributed by atoms with Crippen LogP contribution in [0.25, 0.3) is 10.9 Å². The van der Waals surface area contributed by atoms with E-state index in [0.29, 0.717) is 18.4 Å². The van der Waals surface area contributed by atoms with Gasteiger partial charge >= 0.3 is 0 Å². The first kappa shape index (κ1) is 10.7. The highest BCUT2D eigenvalue weighted by atomic mass is 16.4. The van der Waals surface area contributed by atoms with Crippen molar-refractivity contribution in [3.05, 3.63) is 48.3 Å². The number of anilines is 1. The van der Waals surface area contributed by atoms with Crippen molar-refractivity contribution in [2.45, 2.75) is 13.5 Å². The van der Waals surface area contributed by atoms with Crippen LogP contribution in [-0.4, -0.2) is 15.0 Å². The maximum absolute atomic E-state index is 5.36. The van der Waals surface area contributed by atoms with E-state index in [1.54, 1.807) is 12.4 Å². The highest BCUT2D eigenvalue weighted by Crippen LogP contribution is 2.12. The van der Waals surface area contributed by atoms with Gasteiger partial charge < -0.3 is 9.73 Å². The largest absolute Gasteiger partial charge is 0.444 e. The van der Waals surface area contributed by atoms with E-state index in [-0.39, 0.29) is 0 Å².